The lowest BCUT2D eigenvalue weighted by Gasteiger charge is -2.14. The first-order chi connectivity index (χ1) is 16.9. The van der Waals surface area contributed by atoms with Crippen LogP contribution < -0.4 is 10.1 Å². The molecule has 1 aromatic carbocycles. The molecule has 0 saturated carbocycles. The van der Waals surface area contributed by atoms with Crippen molar-refractivity contribution in [2.24, 2.45) is 7.05 Å². The molecule has 1 aliphatic rings. The molecule has 0 spiro atoms. The van der Waals surface area contributed by atoms with Gasteiger partial charge in [-0.25, -0.2) is 9.18 Å². The number of esters is 1. The van der Waals surface area contributed by atoms with Gasteiger partial charge in [0.25, 0.3) is 0 Å². The molecular formula is C24H27FN4O4S2. The smallest absolute Gasteiger partial charge is 0.341 e. The number of thiophene rings is 1. The number of hydrogen-bond donors (Lipinski definition) is 1. The fourth-order valence-corrected chi connectivity index (χ4v) is 6.03. The van der Waals surface area contributed by atoms with Crippen LogP contribution in [0.1, 0.15) is 58.9 Å². The van der Waals surface area contributed by atoms with Gasteiger partial charge >= 0.3 is 5.97 Å². The lowest BCUT2D eigenvalue weighted by molar-refractivity contribution is -0.113. The van der Waals surface area contributed by atoms with Crippen LogP contribution >= 0.6 is 23.1 Å². The molecule has 1 aliphatic carbocycles. The Bertz CT molecular complexity index is 1210. The number of fused-ring (bicyclic) bond motifs is 1. The zero-order valence-electron chi connectivity index (χ0n) is 19.8. The molecule has 0 radical (unpaired) electrons. The first-order valence-electron chi connectivity index (χ1n) is 11.3. The van der Waals surface area contributed by atoms with E-state index in [1.54, 1.807) is 23.7 Å². The van der Waals surface area contributed by atoms with Gasteiger partial charge in [-0.15, -0.1) is 21.5 Å². The van der Waals surface area contributed by atoms with Gasteiger partial charge in [-0.1, -0.05) is 18.2 Å². The largest absolute Gasteiger partial charge is 0.483 e. The topological polar surface area (TPSA) is 95.3 Å². The first-order valence-corrected chi connectivity index (χ1v) is 13.1. The average Bonchev–Trinajstić information content (AvgIpc) is 3.29. The predicted molar refractivity (Wildman–Crippen MR) is 133 cm³/mol. The molecule has 0 bridgehead atoms. The molecule has 0 aliphatic heterocycles. The van der Waals surface area contributed by atoms with Crippen LogP contribution in [0.25, 0.3) is 0 Å². The van der Waals surface area contributed by atoms with Crippen LogP contribution in [0.15, 0.2) is 29.4 Å². The van der Waals surface area contributed by atoms with Crippen molar-refractivity contribution in [1.82, 2.24) is 14.8 Å². The summed E-state index contributed by atoms with van der Waals surface area (Å²) in [6.07, 6.45) is 4.54. The second-order valence-electron chi connectivity index (χ2n) is 8.21. The Labute approximate surface area is 211 Å². The molecule has 1 atom stereocenters. The van der Waals surface area contributed by atoms with E-state index in [1.165, 1.54) is 42.3 Å². The van der Waals surface area contributed by atoms with Crippen molar-refractivity contribution in [2.45, 2.75) is 50.3 Å². The summed E-state index contributed by atoms with van der Waals surface area (Å²) >= 11 is 2.71. The quantitative estimate of drug-likeness (QED) is 0.256. The van der Waals surface area contributed by atoms with E-state index in [1.807, 2.05) is 6.92 Å². The normalized spacial score (nSPS) is 14.1. The van der Waals surface area contributed by atoms with E-state index in [0.717, 1.165) is 42.5 Å². The maximum atomic E-state index is 13.1. The molecule has 1 unspecified atom stereocenters. The summed E-state index contributed by atoms with van der Waals surface area (Å²) in [6.45, 7) is 1.82. The molecule has 3 aromatic rings. The molecule has 11 heteroatoms. The number of amides is 1. The number of rotatable bonds is 8. The molecule has 2 heterocycles. The number of halogens is 1. The van der Waals surface area contributed by atoms with E-state index < -0.39 is 12.1 Å². The lowest BCUT2D eigenvalue weighted by Crippen LogP contribution is -2.17. The van der Waals surface area contributed by atoms with Crippen LogP contribution in [-0.2, 0) is 29.4 Å². The van der Waals surface area contributed by atoms with E-state index in [4.69, 9.17) is 9.47 Å². The molecule has 8 nitrogen and oxygen atoms in total. The Balaban J connectivity index is 1.40. The van der Waals surface area contributed by atoms with Gasteiger partial charge in [0.05, 0.1) is 18.4 Å². The fraction of sp³-hybridized carbons (Fsp3) is 0.417. The summed E-state index contributed by atoms with van der Waals surface area (Å²) in [5.74, 6) is 0.204. The number of nitrogens with one attached hydrogen (secondary N) is 1. The third-order valence-corrected chi connectivity index (χ3v) is 7.98. The number of ether oxygens (including phenoxy) is 2. The number of anilines is 1. The third kappa shape index (κ3) is 5.84. The SMILES string of the molecule is COC(=O)c1c(NC(=O)CSc2nnc(C(C)Oc3ccc(F)cc3)n2C)sc2c1CCCCC2. The highest BCUT2D eigenvalue weighted by Gasteiger charge is 2.26. The molecule has 2 aromatic heterocycles. The van der Waals surface area contributed by atoms with Gasteiger partial charge in [0.2, 0.25) is 5.91 Å². The van der Waals surface area contributed by atoms with Crippen LogP contribution in [0.5, 0.6) is 5.75 Å². The molecule has 1 amide bonds. The minimum absolute atomic E-state index is 0.0996. The third-order valence-electron chi connectivity index (χ3n) is 5.75. The summed E-state index contributed by atoms with van der Waals surface area (Å²) in [4.78, 5) is 26.4. The van der Waals surface area contributed by atoms with Gasteiger partial charge in [0.1, 0.15) is 16.6 Å². The number of aryl methyl sites for hydroxylation is 1. The number of benzene rings is 1. The predicted octanol–water partition coefficient (Wildman–Crippen LogP) is 4.94. The summed E-state index contributed by atoms with van der Waals surface area (Å²) in [5, 5.41) is 12.4. The van der Waals surface area contributed by atoms with E-state index >= 15 is 0 Å². The maximum Gasteiger partial charge on any atom is 0.341 e. The van der Waals surface area contributed by atoms with Crippen LogP contribution in [0.3, 0.4) is 0 Å². The molecule has 186 valence electrons. The Morgan fingerprint density at radius 2 is 1.94 bits per heavy atom. The molecule has 35 heavy (non-hydrogen) atoms. The average molecular weight is 519 g/mol. The zero-order valence-corrected chi connectivity index (χ0v) is 21.4. The summed E-state index contributed by atoms with van der Waals surface area (Å²) < 4.78 is 25.7. The lowest BCUT2D eigenvalue weighted by atomic mass is 10.1. The Morgan fingerprint density at radius 3 is 2.69 bits per heavy atom. The molecule has 4 rings (SSSR count). The summed E-state index contributed by atoms with van der Waals surface area (Å²) in [6, 6.07) is 5.76. The van der Waals surface area contributed by atoms with Gasteiger partial charge in [0.15, 0.2) is 17.1 Å². The van der Waals surface area contributed by atoms with E-state index in [2.05, 4.69) is 15.5 Å². The zero-order chi connectivity index (χ0) is 24.9. The summed E-state index contributed by atoms with van der Waals surface area (Å²) in [7, 11) is 3.16. The van der Waals surface area contributed by atoms with Crippen molar-refractivity contribution in [2.75, 3.05) is 18.2 Å². The fourth-order valence-electron chi connectivity index (χ4n) is 4.02. The van der Waals surface area contributed by atoms with Crippen LogP contribution in [0.2, 0.25) is 0 Å². The highest BCUT2D eigenvalue weighted by Crippen LogP contribution is 2.38. The van der Waals surface area contributed by atoms with Crippen molar-refractivity contribution in [1.29, 1.82) is 0 Å². The van der Waals surface area contributed by atoms with Crippen molar-refractivity contribution in [3.63, 3.8) is 0 Å². The van der Waals surface area contributed by atoms with Gasteiger partial charge in [0, 0.05) is 11.9 Å². The van der Waals surface area contributed by atoms with Crippen molar-refractivity contribution < 1.29 is 23.5 Å². The molecular weight excluding hydrogens is 491 g/mol. The number of aromatic nitrogens is 3. The second kappa shape index (κ2) is 11.2. The van der Waals surface area contributed by atoms with E-state index in [0.29, 0.717) is 27.3 Å². The minimum Gasteiger partial charge on any atom is -0.483 e. The number of hydrogen-bond acceptors (Lipinski definition) is 8. The molecule has 0 saturated heterocycles. The van der Waals surface area contributed by atoms with Crippen LogP contribution in [0.4, 0.5) is 9.39 Å². The monoisotopic (exact) mass is 518 g/mol. The number of thioether (sulfide) groups is 1. The Morgan fingerprint density at radius 1 is 1.20 bits per heavy atom. The van der Waals surface area contributed by atoms with Gasteiger partial charge in [-0.05, 0) is 62.4 Å². The Kier molecular flexibility index (Phi) is 8.07. The van der Waals surface area contributed by atoms with Crippen molar-refractivity contribution in [3.8, 4) is 5.75 Å². The van der Waals surface area contributed by atoms with Gasteiger partial charge in [-0.2, -0.15) is 0 Å². The first kappa shape index (κ1) is 25.2. The number of nitrogens with zero attached hydrogens (tertiary/aromatic N) is 3. The standard InChI is InChI=1S/C24H27FN4O4S2/c1-14(33-16-11-9-15(25)10-12-16)21-27-28-24(29(21)2)34-13-19(30)26-22-20(23(31)32-3)17-7-5-4-6-8-18(17)35-22/h9-12,14H,4-8,13H2,1-3H3,(H,26,30). The van der Waals surface area contributed by atoms with Gasteiger partial charge in [-0.3, -0.25) is 4.79 Å². The van der Waals surface area contributed by atoms with Crippen LogP contribution in [0, 0.1) is 5.82 Å². The highest BCUT2D eigenvalue weighted by atomic mass is 32.2. The second-order valence-corrected chi connectivity index (χ2v) is 10.3. The molecule has 0 fully saturated rings. The highest BCUT2D eigenvalue weighted by molar-refractivity contribution is 7.99. The van der Waals surface area contributed by atoms with Crippen molar-refractivity contribution in [3.05, 3.63) is 51.9 Å². The molecule has 1 N–H and O–H groups in total. The number of methoxy groups -OCH3 is 1. The van der Waals surface area contributed by atoms with E-state index in [9.17, 15) is 14.0 Å². The van der Waals surface area contributed by atoms with Gasteiger partial charge < -0.3 is 19.4 Å². The van der Waals surface area contributed by atoms with E-state index in [-0.39, 0.29) is 17.5 Å². The Hall–Kier alpha value is -2.92. The number of carbonyl (C=O) groups excluding carboxylic acids is 2. The minimum atomic E-state index is -0.426. The number of carbonyl (C=O) groups is 2. The summed E-state index contributed by atoms with van der Waals surface area (Å²) in [5.41, 5.74) is 1.50. The van der Waals surface area contributed by atoms with Crippen molar-refractivity contribution >= 4 is 40.0 Å². The maximum absolute atomic E-state index is 13.1. The van der Waals surface area contributed by atoms with Crippen LogP contribution in [-0.4, -0.2) is 39.5 Å².